The molecule has 6 heavy (non-hydrogen) atoms. The van der Waals surface area contributed by atoms with Gasteiger partial charge in [-0.15, -0.1) is 0 Å². The molecule has 0 atom stereocenters. The Morgan fingerprint density at radius 1 is 1.83 bits per heavy atom. The Hall–Kier alpha value is -0.590. The van der Waals surface area contributed by atoms with Crippen molar-refractivity contribution in [2.75, 3.05) is 6.61 Å². The van der Waals surface area contributed by atoms with Crippen molar-refractivity contribution in [2.45, 2.75) is 6.92 Å². The van der Waals surface area contributed by atoms with Crippen molar-refractivity contribution in [2.24, 2.45) is 0 Å². The molecule has 0 aromatic rings. The molecule has 0 saturated heterocycles. The molecule has 0 rings (SSSR count). The molecule has 0 unspecified atom stereocenters. The second kappa shape index (κ2) is 2.64. The van der Waals surface area contributed by atoms with Gasteiger partial charge in [0.05, 0.1) is 0 Å². The zero-order valence-corrected chi connectivity index (χ0v) is 3.52. The second-order valence-electron chi connectivity index (χ2n) is 1.03. The molecule has 0 aliphatic carbocycles. The van der Waals surface area contributed by atoms with Gasteiger partial charge >= 0.3 is 0 Å². The van der Waals surface area contributed by atoms with Crippen molar-refractivity contribution in [3.8, 4) is 0 Å². The topological polar surface area (TPSA) is 37.0 Å². The summed E-state index contributed by atoms with van der Waals surface area (Å²) in [5.41, 5.74) is 0.231. The minimum absolute atomic E-state index is 0.231. The van der Waals surface area contributed by atoms with Crippen LogP contribution in [0, 0.1) is 0 Å². The van der Waals surface area contributed by atoms with Crippen LogP contribution in [-0.4, -0.2) is 12.5 Å². The molecule has 0 N–H and O–H groups in total. The Labute approximate surface area is 36.1 Å². The normalized spacial score (nSPS) is 7.00. The highest BCUT2D eigenvalue weighted by Gasteiger charge is 1.79. The molecule has 0 aliphatic heterocycles. The van der Waals surface area contributed by atoms with E-state index in [9.17, 15) is 9.90 Å². The van der Waals surface area contributed by atoms with Gasteiger partial charge in [0.1, 0.15) is 12.5 Å². The van der Waals surface area contributed by atoms with Gasteiger partial charge in [-0.05, 0) is 6.92 Å². The molecule has 33 valence electrons. The van der Waals surface area contributed by atoms with Gasteiger partial charge in [-0.3, -0.25) is 0 Å². The molecule has 0 heterocycles. The summed E-state index contributed by atoms with van der Waals surface area (Å²) in [5.74, 6) is 1.47. The molecule has 2 heteroatoms. The van der Waals surface area contributed by atoms with E-state index in [-0.39, 0.29) is 5.57 Å². The fraction of sp³-hybridized carbons (Fsp3) is 0.500. The van der Waals surface area contributed by atoms with Crippen LogP contribution in [-0.2, 0) is 9.90 Å². The Balaban J connectivity index is 3.52. The average Bonchev–Trinajstić information content (AvgIpc) is 1.65. The fourth-order valence-corrected chi connectivity index (χ4v) is 0.0295. The van der Waals surface area contributed by atoms with Gasteiger partial charge in [-0.25, -0.2) is 9.90 Å². The van der Waals surface area contributed by atoms with E-state index in [1.165, 1.54) is 12.9 Å². The third-order valence-corrected chi connectivity index (χ3v) is 0.391. The SMILES string of the molecule is CC(=C=O)C[O]. The van der Waals surface area contributed by atoms with E-state index in [1.54, 1.807) is 0 Å². The van der Waals surface area contributed by atoms with Gasteiger partial charge in [0.25, 0.3) is 0 Å². The zero-order valence-electron chi connectivity index (χ0n) is 3.52. The summed E-state index contributed by atoms with van der Waals surface area (Å²) in [6.07, 6.45) is 0. The first kappa shape index (κ1) is 5.41. The second-order valence-corrected chi connectivity index (χ2v) is 1.03. The van der Waals surface area contributed by atoms with Gasteiger partial charge in [0.2, 0.25) is 0 Å². The third kappa shape index (κ3) is 1.70. The number of hydrogen-bond acceptors (Lipinski definition) is 1. The van der Waals surface area contributed by atoms with E-state index in [1.807, 2.05) is 0 Å². The number of carbonyl (C=O) groups excluding carboxylic acids is 1. The van der Waals surface area contributed by atoms with Crippen molar-refractivity contribution >= 4 is 5.94 Å². The highest BCUT2D eigenvalue weighted by Crippen LogP contribution is 1.76. The highest BCUT2D eigenvalue weighted by atomic mass is 16.3. The van der Waals surface area contributed by atoms with E-state index in [0.717, 1.165) is 0 Å². The average molecular weight is 85.1 g/mol. The standard InChI is InChI=1S/C4H5O2/c1-4(2-5)3-6/h2H2,1H3. The van der Waals surface area contributed by atoms with Crippen LogP contribution in [0.1, 0.15) is 6.92 Å². The molecule has 1 radical (unpaired) electrons. The Kier molecular flexibility index (Phi) is 2.38. The first-order valence-corrected chi connectivity index (χ1v) is 1.60. The largest absolute Gasteiger partial charge is 0.233 e. The summed E-state index contributed by atoms with van der Waals surface area (Å²) in [7, 11) is 0. The van der Waals surface area contributed by atoms with E-state index >= 15 is 0 Å². The fourth-order valence-electron chi connectivity index (χ4n) is 0.0295. The van der Waals surface area contributed by atoms with Gasteiger partial charge in [0, 0.05) is 5.57 Å². The molecule has 0 aliphatic rings. The molecule has 0 aromatic carbocycles. The lowest BCUT2D eigenvalue weighted by Gasteiger charge is -1.73. The lowest BCUT2D eigenvalue weighted by Crippen LogP contribution is -1.79. The maximum Gasteiger partial charge on any atom is 0.125 e. The molecule has 2 nitrogen and oxygen atoms in total. The number of rotatable bonds is 1. The van der Waals surface area contributed by atoms with Crippen LogP contribution in [0.15, 0.2) is 5.57 Å². The Bertz CT molecular complexity index is 79.5. The van der Waals surface area contributed by atoms with Crippen molar-refractivity contribution in [1.29, 1.82) is 0 Å². The lowest BCUT2D eigenvalue weighted by atomic mass is 10.4. The summed E-state index contributed by atoms with van der Waals surface area (Å²) in [6.45, 7) is 1.03. The van der Waals surface area contributed by atoms with Crippen molar-refractivity contribution in [1.82, 2.24) is 0 Å². The molecule has 0 fully saturated rings. The molecule has 0 aromatic heterocycles. The van der Waals surface area contributed by atoms with Crippen LogP contribution in [0.25, 0.3) is 0 Å². The number of hydrogen-bond donors (Lipinski definition) is 0. The molecule has 0 spiro atoms. The predicted molar refractivity (Wildman–Crippen MR) is 20.4 cm³/mol. The summed E-state index contributed by atoms with van der Waals surface area (Å²) >= 11 is 0. The van der Waals surface area contributed by atoms with E-state index in [2.05, 4.69) is 0 Å². The van der Waals surface area contributed by atoms with Crippen molar-refractivity contribution in [3.63, 3.8) is 0 Å². The smallest absolute Gasteiger partial charge is 0.125 e. The molecule has 0 saturated carbocycles. The van der Waals surface area contributed by atoms with Crippen LogP contribution >= 0.6 is 0 Å². The van der Waals surface area contributed by atoms with Crippen LogP contribution in [0.4, 0.5) is 0 Å². The van der Waals surface area contributed by atoms with Crippen LogP contribution in [0.3, 0.4) is 0 Å². The predicted octanol–water partition coefficient (Wildman–Crippen LogP) is 0.195. The zero-order chi connectivity index (χ0) is 4.99. The maximum absolute atomic E-state index is 9.56. The molecule has 0 amide bonds. The Morgan fingerprint density at radius 2 is 2.33 bits per heavy atom. The maximum atomic E-state index is 9.56. The summed E-state index contributed by atoms with van der Waals surface area (Å²) < 4.78 is 0. The van der Waals surface area contributed by atoms with E-state index in [0.29, 0.717) is 0 Å². The van der Waals surface area contributed by atoms with E-state index < -0.39 is 6.61 Å². The van der Waals surface area contributed by atoms with Crippen molar-refractivity contribution < 1.29 is 9.90 Å². The minimum atomic E-state index is -0.427. The van der Waals surface area contributed by atoms with Crippen LogP contribution in [0.2, 0.25) is 0 Å². The van der Waals surface area contributed by atoms with E-state index in [4.69, 9.17) is 0 Å². The van der Waals surface area contributed by atoms with Gasteiger partial charge < -0.3 is 0 Å². The molecular formula is C4H5O2. The first-order valence-electron chi connectivity index (χ1n) is 1.60. The monoisotopic (exact) mass is 85.0 g/mol. The van der Waals surface area contributed by atoms with Crippen LogP contribution < -0.4 is 0 Å². The molecule has 0 bridgehead atoms. The van der Waals surface area contributed by atoms with Gasteiger partial charge in [-0.1, -0.05) is 0 Å². The van der Waals surface area contributed by atoms with Gasteiger partial charge in [-0.2, -0.15) is 0 Å². The molecular weight excluding hydrogens is 80.0 g/mol. The Morgan fingerprint density at radius 3 is 2.33 bits per heavy atom. The summed E-state index contributed by atoms with van der Waals surface area (Å²) in [4.78, 5) is 9.37. The quantitative estimate of drug-likeness (QED) is 0.419. The first-order chi connectivity index (χ1) is 2.81. The third-order valence-electron chi connectivity index (χ3n) is 0.391. The van der Waals surface area contributed by atoms with Crippen molar-refractivity contribution in [3.05, 3.63) is 5.57 Å². The van der Waals surface area contributed by atoms with Gasteiger partial charge in [0.15, 0.2) is 0 Å². The lowest BCUT2D eigenvalue weighted by molar-refractivity contribution is 0.224. The van der Waals surface area contributed by atoms with Crippen LogP contribution in [0.5, 0.6) is 0 Å². The summed E-state index contributed by atoms with van der Waals surface area (Å²) in [5, 5.41) is 9.56. The minimum Gasteiger partial charge on any atom is -0.233 e. The highest BCUT2D eigenvalue weighted by molar-refractivity contribution is 5.51. The summed E-state index contributed by atoms with van der Waals surface area (Å²) in [6, 6.07) is 0.